The number of carbonyl (C=O) groups excluding carboxylic acids is 1. The molecule has 3 aliphatic rings. The van der Waals surface area contributed by atoms with E-state index in [1.165, 1.54) is 28.0 Å². The highest BCUT2D eigenvalue weighted by atomic mass is 32.2. The summed E-state index contributed by atoms with van der Waals surface area (Å²) in [5.41, 5.74) is 0.758. The van der Waals surface area contributed by atoms with Crippen molar-refractivity contribution in [3.8, 4) is 17.2 Å². The second kappa shape index (κ2) is 7.07. The number of amides is 1. The number of pyridine rings is 1. The average molecular weight is 480 g/mol. The lowest BCUT2D eigenvalue weighted by Gasteiger charge is -2.15. The maximum Gasteiger partial charge on any atom is 0.416 e. The summed E-state index contributed by atoms with van der Waals surface area (Å²) < 4.78 is 45.3. The first-order chi connectivity index (χ1) is 16.3. The quantitative estimate of drug-likeness (QED) is 0.555. The van der Waals surface area contributed by atoms with Gasteiger partial charge in [0.25, 0.3) is 0 Å². The normalized spacial score (nSPS) is 28.9. The minimum Gasteiger partial charge on any atom is -0.421 e. The van der Waals surface area contributed by atoms with Crippen molar-refractivity contribution >= 4 is 21.6 Å². The zero-order chi connectivity index (χ0) is 23.7. The third kappa shape index (κ3) is 3.00. The number of hydrogen-bond acceptors (Lipinski definition) is 8. The van der Waals surface area contributed by atoms with Crippen LogP contribution in [-0.2, 0) is 20.0 Å². The number of nitrogens with zero attached hydrogens (tertiary/aromatic N) is 6. The predicted molar refractivity (Wildman–Crippen MR) is 115 cm³/mol. The molecule has 1 aromatic carbocycles. The first kappa shape index (κ1) is 20.7. The minimum atomic E-state index is -3.10. The van der Waals surface area contributed by atoms with Crippen molar-refractivity contribution in [3.63, 3.8) is 0 Å². The van der Waals surface area contributed by atoms with Gasteiger partial charge < -0.3 is 4.74 Å². The Hall–Kier alpha value is -3.85. The fourth-order valence-corrected chi connectivity index (χ4v) is 7.34. The van der Waals surface area contributed by atoms with Gasteiger partial charge in [0, 0.05) is 35.4 Å². The minimum absolute atomic E-state index is 0.00144. The molecule has 4 atom stereocenters. The van der Waals surface area contributed by atoms with Gasteiger partial charge in [0.2, 0.25) is 6.23 Å². The highest BCUT2D eigenvalue weighted by Gasteiger charge is 2.72. The first-order valence-electron chi connectivity index (χ1n) is 10.5. The van der Waals surface area contributed by atoms with Crippen LogP contribution in [0.2, 0.25) is 0 Å². The van der Waals surface area contributed by atoms with Crippen LogP contribution in [0, 0.1) is 29.0 Å². The van der Waals surface area contributed by atoms with E-state index in [1.807, 2.05) is 0 Å². The number of cyclic esters (lactones) is 1. The lowest BCUT2D eigenvalue weighted by molar-refractivity contribution is 0.0922. The maximum atomic E-state index is 15.0. The Bertz CT molecular complexity index is 1430. The number of hydrogen-bond donors (Lipinski definition) is 0. The van der Waals surface area contributed by atoms with Gasteiger partial charge in [-0.15, -0.1) is 5.10 Å². The lowest BCUT2D eigenvalue weighted by Crippen LogP contribution is -2.24. The molecule has 0 spiro atoms. The molecule has 2 aromatic heterocycles. The molecule has 3 fully saturated rings. The van der Waals surface area contributed by atoms with Gasteiger partial charge in [-0.1, -0.05) is 11.3 Å². The summed E-state index contributed by atoms with van der Waals surface area (Å²) in [6.07, 6.45) is 3.27. The number of nitriles is 1. The van der Waals surface area contributed by atoms with Gasteiger partial charge in [-0.3, -0.25) is 9.88 Å². The van der Waals surface area contributed by atoms with E-state index in [0.717, 1.165) is 0 Å². The van der Waals surface area contributed by atoms with Gasteiger partial charge in [-0.05, 0) is 24.3 Å². The molecule has 1 aliphatic carbocycles. The molecule has 0 N–H and O–H groups in total. The van der Waals surface area contributed by atoms with E-state index in [4.69, 9.17) is 4.74 Å². The summed E-state index contributed by atoms with van der Waals surface area (Å²) >= 11 is 0. The van der Waals surface area contributed by atoms with Crippen LogP contribution in [0.3, 0.4) is 0 Å². The topological polar surface area (TPSA) is 131 Å². The van der Waals surface area contributed by atoms with Gasteiger partial charge >= 0.3 is 6.09 Å². The monoisotopic (exact) mass is 480 g/mol. The van der Waals surface area contributed by atoms with Crippen LogP contribution in [0.5, 0.6) is 0 Å². The number of fused-ring (bicyclic) bond motifs is 1. The van der Waals surface area contributed by atoms with E-state index in [9.17, 15) is 18.5 Å². The summed E-state index contributed by atoms with van der Waals surface area (Å²) in [6.45, 7) is 0.158. The van der Waals surface area contributed by atoms with Crippen molar-refractivity contribution in [2.45, 2.75) is 11.6 Å². The molecule has 1 amide bonds. The zero-order valence-electron chi connectivity index (χ0n) is 17.6. The van der Waals surface area contributed by atoms with Crippen LogP contribution in [0.4, 0.5) is 14.9 Å². The Morgan fingerprint density at radius 1 is 1.21 bits per heavy atom. The second-order valence-corrected chi connectivity index (χ2v) is 10.9. The molecule has 2 saturated heterocycles. The zero-order valence-corrected chi connectivity index (χ0v) is 18.4. The fraction of sp³-hybridized carbons (Fsp3) is 0.318. The molecule has 34 heavy (non-hydrogen) atoms. The summed E-state index contributed by atoms with van der Waals surface area (Å²) in [6, 6.07) is 10.0. The van der Waals surface area contributed by atoms with E-state index in [2.05, 4.69) is 21.4 Å². The highest BCUT2D eigenvalue weighted by molar-refractivity contribution is 7.91. The molecule has 2 aliphatic heterocycles. The number of sulfone groups is 1. The highest BCUT2D eigenvalue weighted by Crippen LogP contribution is 2.63. The van der Waals surface area contributed by atoms with Crippen LogP contribution >= 0.6 is 0 Å². The first-order valence-corrected chi connectivity index (χ1v) is 12.4. The summed E-state index contributed by atoms with van der Waals surface area (Å²) in [5.74, 6) is -1.02. The second-order valence-electron chi connectivity index (χ2n) is 8.70. The summed E-state index contributed by atoms with van der Waals surface area (Å²) in [4.78, 5) is 18.0. The molecule has 1 saturated carbocycles. The third-order valence-electron chi connectivity index (χ3n) is 6.89. The van der Waals surface area contributed by atoms with Crippen LogP contribution in [0.15, 0.2) is 48.9 Å². The maximum absolute atomic E-state index is 15.0. The smallest absolute Gasteiger partial charge is 0.416 e. The summed E-state index contributed by atoms with van der Waals surface area (Å²) in [7, 11) is -3.10. The predicted octanol–water partition coefficient (Wildman–Crippen LogP) is 2.07. The van der Waals surface area contributed by atoms with Crippen molar-refractivity contribution in [2.24, 2.45) is 11.8 Å². The molecule has 6 rings (SSSR count). The SMILES string of the molecule is N#C[C@]1(c2ccc(-c3ccc(N4CC(n5ccnn5)OC4=O)cc3F)cn2)[C@@H]2CS(=O)(=O)C[C@@H]21. The number of rotatable bonds is 4. The standard InChI is InChI=1S/C22H17FN6O4S/c23-18-7-14(28-9-20(33-21(28)30)29-6-5-26-27-29)2-3-15(18)13-1-4-19(25-8-13)22(12-24)16-10-34(31,32)11-17(16)22/h1-8,16-17,20H,9-11H2/t16-,17+,20?,22+. The van der Waals surface area contributed by atoms with Crippen LogP contribution in [0.25, 0.3) is 11.1 Å². The lowest BCUT2D eigenvalue weighted by atomic mass is 9.97. The van der Waals surface area contributed by atoms with Gasteiger partial charge in [0.05, 0.1) is 41.7 Å². The molecule has 172 valence electrons. The Morgan fingerprint density at radius 3 is 2.62 bits per heavy atom. The van der Waals surface area contributed by atoms with Crippen LogP contribution in [-0.4, -0.2) is 52.5 Å². The van der Waals surface area contributed by atoms with E-state index >= 15 is 4.39 Å². The number of aromatic nitrogens is 4. The number of benzene rings is 1. The van der Waals surface area contributed by atoms with E-state index in [-0.39, 0.29) is 35.4 Å². The average Bonchev–Trinajstić information content (AvgIpc) is 3.31. The molecule has 0 bridgehead atoms. The van der Waals surface area contributed by atoms with Gasteiger partial charge in [0.1, 0.15) is 11.2 Å². The van der Waals surface area contributed by atoms with E-state index in [1.54, 1.807) is 30.5 Å². The molecular weight excluding hydrogens is 463 g/mol. The van der Waals surface area contributed by atoms with Crippen molar-refractivity contribution in [3.05, 3.63) is 60.4 Å². The van der Waals surface area contributed by atoms with E-state index < -0.39 is 33.4 Å². The largest absolute Gasteiger partial charge is 0.421 e. The third-order valence-corrected chi connectivity index (χ3v) is 8.63. The van der Waals surface area contributed by atoms with Crippen LogP contribution < -0.4 is 4.90 Å². The summed E-state index contributed by atoms with van der Waals surface area (Å²) in [5, 5.41) is 17.3. The number of ether oxygens (including phenoxy) is 1. The van der Waals surface area contributed by atoms with Crippen molar-refractivity contribution in [1.82, 2.24) is 20.0 Å². The number of anilines is 1. The number of carbonyl (C=O) groups is 1. The Morgan fingerprint density at radius 2 is 2.00 bits per heavy atom. The molecule has 1 unspecified atom stereocenters. The van der Waals surface area contributed by atoms with Crippen molar-refractivity contribution < 1.29 is 22.3 Å². The molecule has 0 radical (unpaired) electrons. The van der Waals surface area contributed by atoms with Gasteiger partial charge in [0.15, 0.2) is 9.84 Å². The molecular formula is C22H17FN6O4S. The molecule has 12 heteroatoms. The molecule has 4 heterocycles. The Balaban J connectivity index is 1.23. The van der Waals surface area contributed by atoms with Gasteiger partial charge in [-0.25, -0.2) is 22.3 Å². The Labute approximate surface area is 193 Å². The van der Waals surface area contributed by atoms with E-state index in [0.29, 0.717) is 16.9 Å². The number of halogens is 1. The molecule has 10 nitrogen and oxygen atoms in total. The van der Waals surface area contributed by atoms with Crippen molar-refractivity contribution in [1.29, 1.82) is 5.26 Å². The Kier molecular flexibility index (Phi) is 4.31. The van der Waals surface area contributed by atoms with Gasteiger partial charge in [-0.2, -0.15) is 5.26 Å². The van der Waals surface area contributed by atoms with Crippen molar-refractivity contribution in [2.75, 3.05) is 23.0 Å². The fourth-order valence-electron chi connectivity index (χ4n) is 5.12. The molecule has 3 aromatic rings. The van der Waals surface area contributed by atoms with Crippen LogP contribution in [0.1, 0.15) is 11.9 Å².